The molecular formula is C11H18N2O3. The van der Waals surface area contributed by atoms with Crippen LogP contribution in [0.2, 0.25) is 0 Å². The number of nitrogens with one attached hydrogen (secondary N) is 1. The summed E-state index contributed by atoms with van der Waals surface area (Å²) in [4.78, 5) is 24.2. The number of carboxylic acids is 1. The third-order valence-electron chi connectivity index (χ3n) is 3.38. The lowest BCUT2D eigenvalue weighted by molar-refractivity contribution is -0.147. The topological polar surface area (TPSA) is 69.6 Å². The molecule has 1 atom stereocenters. The Morgan fingerprint density at radius 3 is 2.69 bits per heavy atom. The van der Waals surface area contributed by atoms with Crippen molar-refractivity contribution in [3.8, 4) is 0 Å². The van der Waals surface area contributed by atoms with Gasteiger partial charge in [0.15, 0.2) is 0 Å². The van der Waals surface area contributed by atoms with Gasteiger partial charge in [-0.05, 0) is 19.4 Å². The van der Waals surface area contributed by atoms with Gasteiger partial charge in [-0.2, -0.15) is 0 Å². The fourth-order valence-electron chi connectivity index (χ4n) is 2.45. The Morgan fingerprint density at radius 2 is 2.12 bits per heavy atom. The number of carbonyl (C=O) groups excluding carboxylic acids is 1. The van der Waals surface area contributed by atoms with Crippen LogP contribution in [0.15, 0.2) is 0 Å². The number of carboxylic acid groups (broad SMARTS) is 1. The van der Waals surface area contributed by atoms with Crippen LogP contribution in [-0.4, -0.2) is 48.1 Å². The van der Waals surface area contributed by atoms with E-state index in [1.807, 2.05) is 0 Å². The first-order valence-electron chi connectivity index (χ1n) is 5.88. The maximum absolute atomic E-state index is 12.0. The van der Waals surface area contributed by atoms with Crippen LogP contribution in [0.4, 0.5) is 0 Å². The van der Waals surface area contributed by atoms with E-state index in [4.69, 9.17) is 5.11 Å². The van der Waals surface area contributed by atoms with Crippen molar-refractivity contribution in [2.75, 3.05) is 26.2 Å². The van der Waals surface area contributed by atoms with Crippen molar-refractivity contribution in [1.82, 2.24) is 10.2 Å². The highest BCUT2D eigenvalue weighted by Crippen LogP contribution is 2.23. The van der Waals surface area contributed by atoms with Crippen molar-refractivity contribution in [3.05, 3.63) is 0 Å². The molecule has 0 bridgehead atoms. The van der Waals surface area contributed by atoms with Crippen molar-refractivity contribution in [2.45, 2.75) is 19.3 Å². The van der Waals surface area contributed by atoms with Crippen molar-refractivity contribution in [3.63, 3.8) is 0 Å². The second-order valence-electron chi connectivity index (χ2n) is 4.75. The monoisotopic (exact) mass is 226 g/mol. The van der Waals surface area contributed by atoms with Crippen LogP contribution >= 0.6 is 0 Å². The lowest BCUT2D eigenvalue weighted by Gasteiger charge is -2.41. The van der Waals surface area contributed by atoms with Crippen LogP contribution in [0.1, 0.15) is 19.3 Å². The molecule has 2 heterocycles. The van der Waals surface area contributed by atoms with Crippen LogP contribution in [0, 0.1) is 11.8 Å². The fraction of sp³-hybridized carbons (Fsp3) is 0.818. The predicted octanol–water partition coefficient (Wildman–Crippen LogP) is -0.0809. The first-order chi connectivity index (χ1) is 7.66. The minimum absolute atomic E-state index is 0.111. The van der Waals surface area contributed by atoms with Crippen molar-refractivity contribution in [1.29, 1.82) is 0 Å². The van der Waals surface area contributed by atoms with Gasteiger partial charge < -0.3 is 15.3 Å². The van der Waals surface area contributed by atoms with E-state index in [9.17, 15) is 9.59 Å². The van der Waals surface area contributed by atoms with Gasteiger partial charge in [-0.25, -0.2) is 0 Å². The van der Waals surface area contributed by atoms with Gasteiger partial charge in [0.1, 0.15) is 0 Å². The number of piperidine rings is 1. The number of aliphatic carboxylic acids is 1. The normalized spacial score (nSPS) is 26.2. The number of hydrogen-bond donors (Lipinski definition) is 2. The standard InChI is InChI=1S/C11H18N2O3/c14-10(15)4-8-6-13(7-8)11(16)9-2-1-3-12-5-9/h8-9,12H,1-7H2,(H,14,15). The molecule has 2 saturated heterocycles. The summed E-state index contributed by atoms with van der Waals surface area (Å²) in [5.41, 5.74) is 0. The summed E-state index contributed by atoms with van der Waals surface area (Å²) in [6, 6.07) is 0. The molecule has 2 fully saturated rings. The van der Waals surface area contributed by atoms with Gasteiger partial charge in [0, 0.05) is 25.6 Å². The van der Waals surface area contributed by atoms with E-state index in [0.717, 1.165) is 25.9 Å². The maximum Gasteiger partial charge on any atom is 0.303 e. The van der Waals surface area contributed by atoms with Gasteiger partial charge in [-0.15, -0.1) is 0 Å². The maximum atomic E-state index is 12.0. The summed E-state index contributed by atoms with van der Waals surface area (Å²) in [7, 11) is 0. The van der Waals surface area contributed by atoms with E-state index in [-0.39, 0.29) is 24.2 Å². The van der Waals surface area contributed by atoms with Gasteiger partial charge in [-0.3, -0.25) is 9.59 Å². The molecule has 0 spiro atoms. The molecule has 1 amide bonds. The zero-order chi connectivity index (χ0) is 11.5. The summed E-state index contributed by atoms with van der Waals surface area (Å²) >= 11 is 0. The number of carbonyl (C=O) groups is 2. The molecular weight excluding hydrogens is 208 g/mol. The van der Waals surface area contributed by atoms with E-state index in [1.165, 1.54) is 0 Å². The summed E-state index contributed by atoms with van der Waals surface area (Å²) in [6.07, 6.45) is 2.21. The average molecular weight is 226 g/mol. The van der Waals surface area contributed by atoms with Crippen molar-refractivity contribution >= 4 is 11.9 Å². The second kappa shape index (κ2) is 4.82. The van der Waals surface area contributed by atoms with Gasteiger partial charge in [-0.1, -0.05) is 0 Å². The van der Waals surface area contributed by atoms with E-state index < -0.39 is 5.97 Å². The highest BCUT2D eigenvalue weighted by atomic mass is 16.4. The smallest absolute Gasteiger partial charge is 0.303 e. The van der Waals surface area contributed by atoms with Crippen LogP contribution in [0.25, 0.3) is 0 Å². The molecule has 2 aliphatic rings. The minimum atomic E-state index is -0.767. The molecule has 5 heteroatoms. The first-order valence-corrected chi connectivity index (χ1v) is 5.88. The molecule has 0 aromatic carbocycles. The summed E-state index contributed by atoms with van der Waals surface area (Å²) in [6.45, 7) is 3.04. The molecule has 2 rings (SSSR count). The lowest BCUT2D eigenvalue weighted by atomic mass is 9.91. The molecule has 0 radical (unpaired) electrons. The first kappa shape index (κ1) is 11.4. The van der Waals surface area contributed by atoms with Gasteiger partial charge in [0.05, 0.1) is 12.3 Å². The third kappa shape index (κ3) is 2.52. The molecule has 0 aromatic heterocycles. The zero-order valence-corrected chi connectivity index (χ0v) is 9.32. The largest absolute Gasteiger partial charge is 0.481 e. The van der Waals surface area contributed by atoms with Crippen molar-refractivity contribution in [2.24, 2.45) is 11.8 Å². The number of rotatable bonds is 3. The molecule has 1 unspecified atom stereocenters. The number of nitrogens with zero attached hydrogens (tertiary/aromatic N) is 1. The van der Waals surface area contributed by atoms with Crippen LogP contribution < -0.4 is 5.32 Å². The highest BCUT2D eigenvalue weighted by molar-refractivity contribution is 5.80. The van der Waals surface area contributed by atoms with Crippen LogP contribution in [0.3, 0.4) is 0 Å². The third-order valence-corrected chi connectivity index (χ3v) is 3.38. The highest BCUT2D eigenvalue weighted by Gasteiger charge is 2.35. The van der Waals surface area contributed by atoms with Gasteiger partial charge >= 0.3 is 5.97 Å². The summed E-state index contributed by atoms with van der Waals surface area (Å²) < 4.78 is 0. The fourth-order valence-corrected chi connectivity index (χ4v) is 2.45. The molecule has 5 nitrogen and oxygen atoms in total. The molecule has 16 heavy (non-hydrogen) atoms. The predicted molar refractivity (Wildman–Crippen MR) is 57.9 cm³/mol. The molecule has 2 N–H and O–H groups in total. The van der Waals surface area contributed by atoms with E-state index >= 15 is 0 Å². The van der Waals surface area contributed by atoms with E-state index in [0.29, 0.717) is 13.1 Å². The number of amides is 1. The van der Waals surface area contributed by atoms with E-state index in [2.05, 4.69) is 5.32 Å². The lowest BCUT2D eigenvalue weighted by Crippen LogP contribution is -2.54. The van der Waals surface area contributed by atoms with Gasteiger partial charge in [0.25, 0.3) is 0 Å². The quantitative estimate of drug-likeness (QED) is 0.706. The second-order valence-corrected chi connectivity index (χ2v) is 4.75. The van der Waals surface area contributed by atoms with Crippen LogP contribution in [0.5, 0.6) is 0 Å². The number of likely N-dealkylation sites (tertiary alicyclic amines) is 1. The molecule has 0 aromatic rings. The average Bonchev–Trinajstić information content (AvgIpc) is 2.23. The summed E-state index contributed by atoms with van der Waals surface area (Å²) in [5, 5.41) is 11.8. The Bertz CT molecular complexity index is 281. The van der Waals surface area contributed by atoms with Crippen molar-refractivity contribution < 1.29 is 14.7 Å². The van der Waals surface area contributed by atoms with Gasteiger partial charge in [0.2, 0.25) is 5.91 Å². The van der Waals surface area contributed by atoms with E-state index in [1.54, 1.807) is 4.90 Å². The molecule has 2 aliphatic heterocycles. The number of hydrogen-bond acceptors (Lipinski definition) is 3. The molecule has 0 aliphatic carbocycles. The van der Waals surface area contributed by atoms with Crippen LogP contribution in [-0.2, 0) is 9.59 Å². The Morgan fingerprint density at radius 1 is 1.38 bits per heavy atom. The SMILES string of the molecule is O=C(O)CC1CN(C(=O)C2CCCNC2)C1. The minimum Gasteiger partial charge on any atom is -0.481 e. The molecule has 90 valence electrons. The Hall–Kier alpha value is -1.10. The Balaban J connectivity index is 1.74. The zero-order valence-electron chi connectivity index (χ0n) is 9.32. The summed E-state index contributed by atoms with van der Waals surface area (Å²) in [5.74, 6) is -0.289. The molecule has 0 saturated carbocycles. The Kier molecular flexibility index (Phi) is 3.43. The Labute approximate surface area is 94.8 Å².